The van der Waals surface area contributed by atoms with E-state index < -0.39 is 28.6 Å². The van der Waals surface area contributed by atoms with Crippen LogP contribution in [0.5, 0.6) is 0 Å². The molecule has 0 radical (unpaired) electrons. The molecule has 0 aromatic rings. The second-order valence-electron chi connectivity index (χ2n) is 3.27. The van der Waals surface area contributed by atoms with E-state index in [0.717, 1.165) is 25.7 Å². The monoisotopic (exact) mass is 253 g/mol. The van der Waals surface area contributed by atoms with E-state index in [4.69, 9.17) is 0 Å². The Morgan fingerprint density at radius 3 is 2.31 bits per heavy atom. The summed E-state index contributed by atoms with van der Waals surface area (Å²) in [6.07, 6.45) is 2.96. The van der Waals surface area contributed by atoms with Crippen molar-refractivity contribution in [2.45, 2.75) is 32.6 Å². The van der Waals surface area contributed by atoms with Gasteiger partial charge >= 0.3 is 6.16 Å². The highest BCUT2D eigenvalue weighted by atomic mass is 32.2. The Hall–Kier alpha value is -0.820. The lowest BCUT2D eigenvalue weighted by atomic mass is 10.2. The smallest absolute Gasteiger partial charge is 0.508 e. The van der Waals surface area contributed by atoms with Crippen LogP contribution < -0.4 is 0 Å². The summed E-state index contributed by atoms with van der Waals surface area (Å²) in [6, 6.07) is 0. The molecule has 0 atom stereocenters. The maximum Gasteiger partial charge on any atom is 0.508 e. The van der Waals surface area contributed by atoms with Crippen LogP contribution in [-0.2, 0) is 19.6 Å². The van der Waals surface area contributed by atoms with Crippen molar-refractivity contribution in [3.05, 3.63) is 0 Å². The second-order valence-corrected chi connectivity index (χ2v) is 4.79. The standard InChI is InChI=1S/C9H18O6S/c1-2-3-4-5-6-14-9(10)15-7-8-16(11,12)13/h2-8H2,1H3,(H,11,12,13)/p-1. The van der Waals surface area contributed by atoms with Crippen molar-refractivity contribution in [2.24, 2.45) is 0 Å². The molecule has 0 unspecified atom stereocenters. The molecule has 0 saturated heterocycles. The number of rotatable bonds is 8. The molecular weight excluding hydrogens is 236 g/mol. The van der Waals surface area contributed by atoms with Crippen molar-refractivity contribution in [3.8, 4) is 0 Å². The topological polar surface area (TPSA) is 92.7 Å². The number of carbonyl (C=O) groups excluding carboxylic acids is 1. The van der Waals surface area contributed by atoms with Crippen molar-refractivity contribution < 1.29 is 27.2 Å². The number of hydrogen-bond acceptors (Lipinski definition) is 6. The zero-order chi connectivity index (χ0) is 12.4. The number of carbonyl (C=O) groups is 1. The van der Waals surface area contributed by atoms with Gasteiger partial charge in [0, 0.05) is 0 Å². The van der Waals surface area contributed by atoms with Crippen LogP contribution in [0.1, 0.15) is 32.6 Å². The third-order valence-corrected chi connectivity index (χ3v) is 2.44. The lowest BCUT2D eigenvalue weighted by molar-refractivity contribution is 0.0581. The summed E-state index contributed by atoms with van der Waals surface area (Å²) in [4.78, 5) is 10.8. The van der Waals surface area contributed by atoms with Gasteiger partial charge in [-0.2, -0.15) is 0 Å². The predicted molar refractivity (Wildman–Crippen MR) is 56.0 cm³/mol. The molecule has 0 aliphatic carbocycles. The molecule has 0 heterocycles. The average Bonchev–Trinajstić information content (AvgIpc) is 2.15. The Labute approximate surface area is 95.7 Å². The fourth-order valence-electron chi connectivity index (χ4n) is 0.953. The Balaban J connectivity index is 3.38. The van der Waals surface area contributed by atoms with Crippen molar-refractivity contribution >= 4 is 16.3 Å². The Bertz CT molecular complexity index is 284. The minimum atomic E-state index is -4.34. The molecule has 0 saturated carbocycles. The van der Waals surface area contributed by atoms with Crippen LogP contribution in [0.3, 0.4) is 0 Å². The molecule has 6 nitrogen and oxygen atoms in total. The molecule has 0 aromatic carbocycles. The number of unbranched alkanes of at least 4 members (excludes halogenated alkanes) is 3. The Morgan fingerprint density at radius 1 is 1.12 bits per heavy atom. The van der Waals surface area contributed by atoms with E-state index in [1.807, 2.05) is 0 Å². The first-order valence-corrected chi connectivity index (χ1v) is 6.76. The highest BCUT2D eigenvalue weighted by Crippen LogP contribution is 1.99. The molecule has 0 N–H and O–H groups in total. The molecule has 16 heavy (non-hydrogen) atoms. The lowest BCUT2D eigenvalue weighted by Crippen LogP contribution is -2.16. The van der Waals surface area contributed by atoms with E-state index in [1.165, 1.54) is 0 Å². The van der Waals surface area contributed by atoms with Gasteiger partial charge in [0.25, 0.3) is 0 Å². The summed E-state index contributed by atoms with van der Waals surface area (Å²) < 4.78 is 39.5. The summed E-state index contributed by atoms with van der Waals surface area (Å²) in [7, 11) is -4.34. The quantitative estimate of drug-likeness (QED) is 0.367. The molecular formula is C9H17O6S-. The van der Waals surface area contributed by atoms with Crippen molar-refractivity contribution in [1.29, 1.82) is 0 Å². The first-order valence-electron chi connectivity index (χ1n) is 5.19. The predicted octanol–water partition coefficient (Wildman–Crippen LogP) is 1.27. The lowest BCUT2D eigenvalue weighted by Gasteiger charge is -2.08. The van der Waals surface area contributed by atoms with E-state index >= 15 is 0 Å². The highest BCUT2D eigenvalue weighted by molar-refractivity contribution is 7.85. The van der Waals surface area contributed by atoms with Crippen molar-refractivity contribution in [3.63, 3.8) is 0 Å². The van der Waals surface area contributed by atoms with E-state index in [1.54, 1.807) is 0 Å². The first kappa shape index (κ1) is 15.2. The van der Waals surface area contributed by atoms with E-state index in [9.17, 15) is 17.8 Å². The Kier molecular flexibility index (Phi) is 7.92. The number of ether oxygens (including phenoxy) is 2. The molecule has 0 fully saturated rings. The van der Waals surface area contributed by atoms with Crippen molar-refractivity contribution in [1.82, 2.24) is 0 Å². The van der Waals surface area contributed by atoms with E-state index in [2.05, 4.69) is 16.4 Å². The van der Waals surface area contributed by atoms with Crippen LogP contribution in [0.4, 0.5) is 4.79 Å². The summed E-state index contributed by atoms with van der Waals surface area (Å²) in [6.45, 7) is 1.86. The molecule has 7 heteroatoms. The fourth-order valence-corrected chi connectivity index (χ4v) is 1.24. The fraction of sp³-hybridized carbons (Fsp3) is 0.889. The molecule has 0 bridgehead atoms. The molecule has 0 aliphatic heterocycles. The zero-order valence-corrected chi connectivity index (χ0v) is 10.1. The molecule has 0 aliphatic rings. The maximum atomic E-state index is 10.8. The minimum Gasteiger partial charge on any atom is -0.748 e. The van der Waals surface area contributed by atoms with Crippen molar-refractivity contribution in [2.75, 3.05) is 19.0 Å². The van der Waals surface area contributed by atoms with Gasteiger partial charge in [0.15, 0.2) is 0 Å². The van der Waals surface area contributed by atoms with E-state index in [0.29, 0.717) is 0 Å². The van der Waals surface area contributed by atoms with Gasteiger partial charge in [-0.15, -0.1) is 0 Å². The summed E-state index contributed by atoms with van der Waals surface area (Å²) in [5, 5.41) is 0. The molecule has 0 rings (SSSR count). The second kappa shape index (κ2) is 8.35. The van der Waals surface area contributed by atoms with Crippen LogP contribution in [0.25, 0.3) is 0 Å². The third kappa shape index (κ3) is 11.3. The largest absolute Gasteiger partial charge is 0.748 e. The van der Waals surface area contributed by atoms with Crippen LogP contribution in [0.15, 0.2) is 0 Å². The van der Waals surface area contributed by atoms with Gasteiger partial charge < -0.3 is 14.0 Å². The third-order valence-electron chi connectivity index (χ3n) is 1.77. The van der Waals surface area contributed by atoms with Gasteiger partial charge in [-0.05, 0) is 6.42 Å². The normalized spacial score (nSPS) is 11.1. The van der Waals surface area contributed by atoms with Crippen LogP contribution in [-0.4, -0.2) is 38.1 Å². The molecule has 0 spiro atoms. The van der Waals surface area contributed by atoms with Gasteiger partial charge in [0.1, 0.15) is 6.61 Å². The maximum absolute atomic E-state index is 10.8. The van der Waals surface area contributed by atoms with E-state index in [-0.39, 0.29) is 6.61 Å². The summed E-state index contributed by atoms with van der Waals surface area (Å²) >= 11 is 0. The SMILES string of the molecule is CCCCCCOC(=O)OCCS(=O)(=O)[O-]. The summed E-state index contributed by atoms with van der Waals surface area (Å²) in [5.41, 5.74) is 0. The highest BCUT2D eigenvalue weighted by Gasteiger charge is 2.04. The zero-order valence-electron chi connectivity index (χ0n) is 9.31. The van der Waals surface area contributed by atoms with Crippen LogP contribution >= 0.6 is 0 Å². The molecule has 96 valence electrons. The van der Waals surface area contributed by atoms with Gasteiger partial charge in [-0.25, -0.2) is 13.2 Å². The average molecular weight is 253 g/mol. The van der Waals surface area contributed by atoms with Crippen LogP contribution in [0, 0.1) is 0 Å². The first-order chi connectivity index (χ1) is 7.45. The van der Waals surface area contributed by atoms with Gasteiger partial charge in [0.2, 0.25) is 0 Å². The van der Waals surface area contributed by atoms with Gasteiger partial charge in [-0.3, -0.25) is 0 Å². The number of hydrogen-bond donors (Lipinski definition) is 0. The minimum absolute atomic E-state index is 0.253. The summed E-state index contributed by atoms with van der Waals surface area (Å²) in [5.74, 6) is -0.724. The molecule has 0 amide bonds. The van der Waals surface area contributed by atoms with Gasteiger partial charge in [-0.1, -0.05) is 26.2 Å². The molecule has 0 aromatic heterocycles. The Morgan fingerprint density at radius 2 is 1.75 bits per heavy atom. The van der Waals surface area contributed by atoms with Gasteiger partial charge in [0.05, 0.1) is 22.5 Å². The van der Waals surface area contributed by atoms with Crippen LogP contribution in [0.2, 0.25) is 0 Å².